The lowest BCUT2D eigenvalue weighted by Crippen LogP contribution is -2.50. The summed E-state index contributed by atoms with van der Waals surface area (Å²) in [5.74, 6) is 0. The van der Waals surface area contributed by atoms with Crippen LogP contribution < -0.4 is 0 Å². The lowest BCUT2D eigenvalue weighted by Gasteiger charge is -2.41. The highest BCUT2D eigenvalue weighted by molar-refractivity contribution is 4.89. The van der Waals surface area contributed by atoms with Gasteiger partial charge in [-0.15, -0.1) is 0 Å². The Labute approximate surface area is 81.3 Å². The second-order valence-electron chi connectivity index (χ2n) is 5.48. The highest BCUT2D eigenvalue weighted by atomic mass is 16.5. The molecule has 0 aromatic rings. The molecule has 0 aromatic carbocycles. The predicted octanol–water partition coefficient (Wildman–Crippen LogP) is 1.90. The van der Waals surface area contributed by atoms with E-state index in [-0.39, 0.29) is 0 Å². The van der Waals surface area contributed by atoms with Crippen molar-refractivity contribution >= 4 is 0 Å². The van der Waals surface area contributed by atoms with Crippen molar-refractivity contribution in [3.8, 4) is 0 Å². The molecule has 2 heterocycles. The van der Waals surface area contributed by atoms with Crippen molar-refractivity contribution in [3.63, 3.8) is 0 Å². The summed E-state index contributed by atoms with van der Waals surface area (Å²) in [4.78, 5) is 2.61. The van der Waals surface area contributed by atoms with Crippen molar-refractivity contribution in [2.75, 3.05) is 19.7 Å². The third kappa shape index (κ3) is 1.89. The van der Waals surface area contributed by atoms with Crippen molar-refractivity contribution in [1.29, 1.82) is 0 Å². The van der Waals surface area contributed by atoms with E-state index < -0.39 is 0 Å². The molecule has 2 aliphatic rings. The van der Waals surface area contributed by atoms with Crippen LogP contribution in [0.1, 0.15) is 33.6 Å². The molecule has 0 saturated carbocycles. The Morgan fingerprint density at radius 3 is 2.77 bits per heavy atom. The molecule has 0 bridgehead atoms. The van der Waals surface area contributed by atoms with Crippen molar-refractivity contribution in [2.24, 2.45) is 5.41 Å². The van der Waals surface area contributed by atoms with Crippen molar-refractivity contribution < 1.29 is 4.74 Å². The van der Waals surface area contributed by atoms with Crippen LogP contribution in [0.25, 0.3) is 0 Å². The van der Waals surface area contributed by atoms with Crippen LogP contribution in [0.15, 0.2) is 0 Å². The molecular formula is C11H21NO. The normalized spacial score (nSPS) is 36.2. The smallest absolute Gasteiger partial charge is 0.0751 e. The summed E-state index contributed by atoms with van der Waals surface area (Å²) in [6.45, 7) is 10.2. The largest absolute Gasteiger partial charge is 0.375 e. The lowest BCUT2D eigenvalue weighted by atomic mass is 9.87. The maximum atomic E-state index is 5.91. The van der Waals surface area contributed by atoms with Gasteiger partial charge in [-0.25, -0.2) is 0 Å². The van der Waals surface area contributed by atoms with Gasteiger partial charge in [-0.2, -0.15) is 0 Å². The maximum Gasteiger partial charge on any atom is 0.0751 e. The van der Waals surface area contributed by atoms with Crippen LogP contribution in [0.3, 0.4) is 0 Å². The Morgan fingerprint density at radius 2 is 2.08 bits per heavy atom. The zero-order chi connectivity index (χ0) is 9.47. The summed E-state index contributed by atoms with van der Waals surface area (Å²) in [6.07, 6.45) is 3.14. The Bertz CT molecular complexity index is 185. The van der Waals surface area contributed by atoms with E-state index in [1.165, 1.54) is 19.4 Å². The van der Waals surface area contributed by atoms with Crippen LogP contribution in [0.4, 0.5) is 0 Å². The van der Waals surface area contributed by atoms with Crippen molar-refractivity contribution in [3.05, 3.63) is 0 Å². The average molecular weight is 183 g/mol. The molecule has 0 N–H and O–H groups in total. The van der Waals surface area contributed by atoms with Crippen LogP contribution in [0.2, 0.25) is 0 Å². The van der Waals surface area contributed by atoms with Crippen molar-refractivity contribution in [2.45, 2.75) is 45.8 Å². The van der Waals surface area contributed by atoms with Gasteiger partial charge in [0.2, 0.25) is 0 Å². The summed E-state index contributed by atoms with van der Waals surface area (Å²) < 4.78 is 5.91. The number of hydrogen-bond acceptors (Lipinski definition) is 2. The fourth-order valence-corrected chi connectivity index (χ4v) is 2.34. The van der Waals surface area contributed by atoms with Crippen LogP contribution in [0.5, 0.6) is 0 Å². The van der Waals surface area contributed by atoms with E-state index in [2.05, 4.69) is 25.7 Å². The molecule has 2 nitrogen and oxygen atoms in total. The Kier molecular flexibility index (Phi) is 2.37. The van der Waals surface area contributed by atoms with E-state index in [1.807, 2.05) is 0 Å². The first-order valence-corrected chi connectivity index (χ1v) is 5.43. The van der Waals surface area contributed by atoms with Gasteiger partial charge in [0.15, 0.2) is 0 Å². The molecule has 2 rings (SSSR count). The second kappa shape index (κ2) is 3.25. The van der Waals surface area contributed by atoms with Gasteiger partial charge >= 0.3 is 0 Å². The zero-order valence-electron chi connectivity index (χ0n) is 9.05. The van der Waals surface area contributed by atoms with Crippen LogP contribution in [-0.2, 0) is 4.74 Å². The topological polar surface area (TPSA) is 12.5 Å². The average Bonchev–Trinajstić information content (AvgIpc) is 2.47. The van der Waals surface area contributed by atoms with Gasteiger partial charge in [0.05, 0.1) is 12.7 Å². The van der Waals surface area contributed by atoms with Crippen LogP contribution in [0, 0.1) is 5.41 Å². The quantitative estimate of drug-likeness (QED) is 0.568. The first-order chi connectivity index (χ1) is 6.07. The predicted molar refractivity (Wildman–Crippen MR) is 53.8 cm³/mol. The number of nitrogens with zero attached hydrogens (tertiary/aromatic N) is 1. The summed E-state index contributed by atoms with van der Waals surface area (Å²) in [7, 11) is 0. The monoisotopic (exact) mass is 183 g/mol. The molecule has 76 valence electrons. The fraction of sp³-hybridized carbons (Fsp3) is 1.00. The molecule has 2 fully saturated rings. The number of hydrogen-bond donors (Lipinski definition) is 0. The van der Waals surface area contributed by atoms with E-state index in [9.17, 15) is 0 Å². The Morgan fingerprint density at radius 1 is 1.31 bits per heavy atom. The lowest BCUT2D eigenvalue weighted by molar-refractivity contribution is -0.0948. The first-order valence-electron chi connectivity index (χ1n) is 5.43. The van der Waals surface area contributed by atoms with Crippen LogP contribution >= 0.6 is 0 Å². The highest BCUT2D eigenvalue weighted by Crippen LogP contribution is 2.30. The highest BCUT2D eigenvalue weighted by Gasteiger charge is 2.37. The van der Waals surface area contributed by atoms with Gasteiger partial charge in [-0.05, 0) is 24.8 Å². The Balaban J connectivity index is 1.97. The summed E-state index contributed by atoms with van der Waals surface area (Å²) in [5, 5.41) is 0. The molecule has 2 aliphatic heterocycles. The molecular weight excluding hydrogens is 162 g/mol. The van der Waals surface area contributed by atoms with E-state index >= 15 is 0 Å². The molecule has 2 saturated heterocycles. The summed E-state index contributed by atoms with van der Waals surface area (Å²) in [6, 6.07) is 0.735. The molecule has 0 aliphatic carbocycles. The third-order valence-corrected chi connectivity index (χ3v) is 3.36. The second-order valence-corrected chi connectivity index (χ2v) is 5.48. The van der Waals surface area contributed by atoms with E-state index in [0.29, 0.717) is 11.5 Å². The van der Waals surface area contributed by atoms with E-state index in [4.69, 9.17) is 4.74 Å². The van der Waals surface area contributed by atoms with Crippen LogP contribution in [-0.4, -0.2) is 36.7 Å². The summed E-state index contributed by atoms with van der Waals surface area (Å²) >= 11 is 0. The SMILES string of the molecule is CC(C)(C)[C@@H]1CN2CCC[C@@H]2CO1. The van der Waals surface area contributed by atoms with Gasteiger partial charge in [-0.3, -0.25) is 4.90 Å². The third-order valence-electron chi connectivity index (χ3n) is 3.36. The van der Waals surface area contributed by atoms with E-state index in [0.717, 1.165) is 19.2 Å². The minimum Gasteiger partial charge on any atom is -0.375 e. The molecule has 0 unspecified atom stereocenters. The molecule has 0 radical (unpaired) electrons. The summed E-state index contributed by atoms with van der Waals surface area (Å²) in [5.41, 5.74) is 0.299. The minimum absolute atomic E-state index is 0.299. The van der Waals surface area contributed by atoms with Gasteiger partial charge in [0.1, 0.15) is 0 Å². The van der Waals surface area contributed by atoms with E-state index in [1.54, 1.807) is 0 Å². The number of ether oxygens (including phenoxy) is 1. The molecule has 0 amide bonds. The fourth-order valence-electron chi connectivity index (χ4n) is 2.34. The number of fused-ring (bicyclic) bond motifs is 1. The van der Waals surface area contributed by atoms with Gasteiger partial charge in [0.25, 0.3) is 0 Å². The zero-order valence-corrected chi connectivity index (χ0v) is 9.05. The van der Waals surface area contributed by atoms with Crippen molar-refractivity contribution in [1.82, 2.24) is 4.90 Å². The maximum absolute atomic E-state index is 5.91. The number of rotatable bonds is 0. The molecule has 2 atom stereocenters. The molecule has 0 aromatic heterocycles. The molecule has 0 spiro atoms. The first kappa shape index (κ1) is 9.47. The van der Waals surface area contributed by atoms with Gasteiger partial charge in [-0.1, -0.05) is 20.8 Å². The Hall–Kier alpha value is -0.0800. The molecule has 2 heteroatoms. The van der Waals surface area contributed by atoms with Gasteiger partial charge < -0.3 is 4.74 Å². The minimum atomic E-state index is 0.299. The molecule has 13 heavy (non-hydrogen) atoms. The van der Waals surface area contributed by atoms with Gasteiger partial charge in [0, 0.05) is 12.6 Å². The number of morpholine rings is 1. The standard InChI is InChI=1S/C11H21NO/c1-11(2,3)10-7-12-6-4-5-9(12)8-13-10/h9-10H,4-8H2,1-3H3/t9-,10+/m1/s1.